The summed E-state index contributed by atoms with van der Waals surface area (Å²) in [5.41, 5.74) is 0. The number of aliphatic carboxylic acids is 1. The first-order valence-corrected chi connectivity index (χ1v) is 5.43. The number of aliphatic hydroxyl groups excluding tert-OH is 1. The monoisotopic (exact) mass is 235 g/mol. The molecule has 0 aromatic carbocycles. The summed E-state index contributed by atoms with van der Waals surface area (Å²) in [4.78, 5) is 21.8. The fourth-order valence-electron chi connectivity index (χ4n) is 1.03. The maximum atomic E-state index is 11.2. The van der Waals surface area contributed by atoms with E-state index in [0.29, 0.717) is 12.2 Å². The van der Waals surface area contributed by atoms with Crippen LogP contribution in [0.1, 0.15) is 26.2 Å². The molecule has 0 radical (unpaired) electrons. The number of thiol groups is 1. The Hall–Kier alpha value is -0.750. The van der Waals surface area contributed by atoms with Crippen molar-refractivity contribution in [1.82, 2.24) is 5.32 Å². The fourth-order valence-corrected chi connectivity index (χ4v) is 1.26. The standard InChI is InChI=1S/C9H17NO4S/c1-6(11)8(9(13)14)10-7(12)4-2-3-5-15/h6,8,11,15H,2-5H2,1H3,(H,10,12)(H,13,14)/t6-,8+/m1/s1. The minimum atomic E-state index is -1.23. The van der Waals surface area contributed by atoms with Crippen molar-refractivity contribution in [2.24, 2.45) is 0 Å². The Kier molecular flexibility index (Phi) is 7.15. The van der Waals surface area contributed by atoms with Crippen molar-refractivity contribution in [3.63, 3.8) is 0 Å². The van der Waals surface area contributed by atoms with Gasteiger partial charge in [0.25, 0.3) is 0 Å². The number of nitrogens with one attached hydrogen (secondary N) is 1. The Bertz CT molecular complexity index is 220. The molecule has 1 amide bonds. The largest absolute Gasteiger partial charge is 0.480 e. The Morgan fingerprint density at radius 3 is 2.40 bits per heavy atom. The number of hydrogen-bond acceptors (Lipinski definition) is 4. The highest BCUT2D eigenvalue weighted by molar-refractivity contribution is 7.80. The molecule has 0 aliphatic carbocycles. The number of carbonyl (C=O) groups is 2. The minimum absolute atomic E-state index is 0.261. The van der Waals surface area contributed by atoms with Crippen LogP contribution in [0.5, 0.6) is 0 Å². The van der Waals surface area contributed by atoms with Crippen molar-refractivity contribution in [3.8, 4) is 0 Å². The highest BCUT2D eigenvalue weighted by Gasteiger charge is 2.24. The van der Waals surface area contributed by atoms with Gasteiger partial charge in [-0.3, -0.25) is 4.79 Å². The van der Waals surface area contributed by atoms with Crippen molar-refractivity contribution in [2.75, 3.05) is 5.75 Å². The van der Waals surface area contributed by atoms with Gasteiger partial charge >= 0.3 is 5.97 Å². The van der Waals surface area contributed by atoms with E-state index in [-0.39, 0.29) is 12.3 Å². The number of rotatable bonds is 7. The molecule has 0 fully saturated rings. The Morgan fingerprint density at radius 1 is 1.40 bits per heavy atom. The first-order chi connectivity index (χ1) is 6.99. The number of hydrogen-bond donors (Lipinski definition) is 4. The number of carboxylic acid groups (broad SMARTS) is 1. The van der Waals surface area contributed by atoms with Crippen LogP contribution in [0.15, 0.2) is 0 Å². The van der Waals surface area contributed by atoms with E-state index >= 15 is 0 Å². The van der Waals surface area contributed by atoms with Crippen LogP contribution in [0.2, 0.25) is 0 Å². The van der Waals surface area contributed by atoms with Crippen LogP contribution in [0.25, 0.3) is 0 Å². The topological polar surface area (TPSA) is 86.6 Å². The lowest BCUT2D eigenvalue weighted by atomic mass is 10.1. The van der Waals surface area contributed by atoms with Crippen molar-refractivity contribution >= 4 is 24.5 Å². The molecule has 5 nitrogen and oxygen atoms in total. The Labute approximate surface area is 94.3 Å². The van der Waals surface area contributed by atoms with Gasteiger partial charge in [0.15, 0.2) is 6.04 Å². The van der Waals surface area contributed by atoms with Gasteiger partial charge in [0.2, 0.25) is 5.91 Å². The summed E-state index contributed by atoms with van der Waals surface area (Å²) in [6, 6.07) is -1.23. The molecule has 15 heavy (non-hydrogen) atoms. The van der Waals surface area contributed by atoms with Crippen LogP contribution in [0, 0.1) is 0 Å². The van der Waals surface area contributed by atoms with Crippen LogP contribution in [-0.2, 0) is 9.59 Å². The molecule has 0 aliphatic rings. The number of amides is 1. The van der Waals surface area contributed by atoms with Crippen LogP contribution < -0.4 is 5.32 Å². The Morgan fingerprint density at radius 2 is 2.00 bits per heavy atom. The summed E-state index contributed by atoms with van der Waals surface area (Å²) in [6.07, 6.45) is 0.637. The number of aliphatic hydroxyl groups is 1. The van der Waals surface area contributed by atoms with E-state index < -0.39 is 18.1 Å². The second kappa shape index (κ2) is 7.53. The molecule has 0 bridgehead atoms. The van der Waals surface area contributed by atoms with Crippen molar-refractivity contribution < 1.29 is 19.8 Å². The fraction of sp³-hybridized carbons (Fsp3) is 0.778. The van der Waals surface area contributed by atoms with Gasteiger partial charge in [-0.15, -0.1) is 0 Å². The average molecular weight is 235 g/mol. The highest BCUT2D eigenvalue weighted by atomic mass is 32.1. The second-order valence-corrected chi connectivity index (χ2v) is 3.75. The maximum Gasteiger partial charge on any atom is 0.328 e. The van der Waals surface area contributed by atoms with Gasteiger partial charge in [-0.25, -0.2) is 4.79 Å². The van der Waals surface area contributed by atoms with Gasteiger partial charge in [0.1, 0.15) is 0 Å². The highest BCUT2D eigenvalue weighted by Crippen LogP contribution is 1.99. The SMILES string of the molecule is C[C@@H](O)[C@H](NC(=O)CCCCS)C(=O)O. The molecule has 0 spiro atoms. The smallest absolute Gasteiger partial charge is 0.328 e. The van der Waals surface area contributed by atoms with E-state index in [0.717, 1.165) is 6.42 Å². The molecule has 0 aromatic rings. The third-order valence-corrected chi connectivity index (χ3v) is 2.19. The van der Waals surface area contributed by atoms with E-state index in [9.17, 15) is 9.59 Å². The van der Waals surface area contributed by atoms with E-state index in [1.54, 1.807) is 0 Å². The molecule has 0 saturated heterocycles. The summed E-state index contributed by atoms with van der Waals surface area (Å²) in [6.45, 7) is 1.33. The average Bonchev–Trinajstić information content (AvgIpc) is 2.13. The lowest BCUT2D eigenvalue weighted by Gasteiger charge is -2.16. The number of unbranched alkanes of at least 4 members (excludes halogenated alkanes) is 1. The van der Waals surface area contributed by atoms with E-state index in [2.05, 4.69) is 17.9 Å². The van der Waals surface area contributed by atoms with Crippen molar-refractivity contribution in [2.45, 2.75) is 38.3 Å². The first-order valence-electron chi connectivity index (χ1n) is 4.80. The zero-order valence-corrected chi connectivity index (χ0v) is 9.54. The molecule has 0 rings (SSSR count). The summed E-state index contributed by atoms with van der Waals surface area (Å²) in [7, 11) is 0. The van der Waals surface area contributed by atoms with Gasteiger partial charge in [-0.1, -0.05) is 0 Å². The zero-order valence-electron chi connectivity index (χ0n) is 8.64. The van der Waals surface area contributed by atoms with Gasteiger partial charge in [-0.05, 0) is 25.5 Å². The molecule has 6 heteroatoms. The molecule has 0 aromatic heterocycles. The van der Waals surface area contributed by atoms with E-state index in [1.165, 1.54) is 6.92 Å². The molecule has 0 saturated carbocycles. The maximum absolute atomic E-state index is 11.2. The van der Waals surface area contributed by atoms with Gasteiger partial charge < -0.3 is 15.5 Å². The van der Waals surface area contributed by atoms with Crippen LogP contribution >= 0.6 is 12.6 Å². The van der Waals surface area contributed by atoms with Crippen LogP contribution in [0.3, 0.4) is 0 Å². The normalized spacial score (nSPS) is 14.3. The van der Waals surface area contributed by atoms with Crippen LogP contribution in [0.4, 0.5) is 0 Å². The summed E-state index contributed by atoms with van der Waals surface area (Å²) in [5, 5.41) is 20.0. The summed E-state index contributed by atoms with van der Waals surface area (Å²) < 4.78 is 0. The molecule has 0 aliphatic heterocycles. The van der Waals surface area contributed by atoms with Crippen molar-refractivity contribution in [1.29, 1.82) is 0 Å². The zero-order chi connectivity index (χ0) is 11.8. The van der Waals surface area contributed by atoms with E-state index in [4.69, 9.17) is 10.2 Å². The second-order valence-electron chi connectivity index (χ2n) is 3.30. The lowest BCUT2D eigenvalue weighted by Crippen LogP contribution is -2.47. The van der Waals surface area contributed by atoms with Gasteiger partial charge in [-0.2, -0.15) is 12.6 Å². The molecule has 0 unspecified atom stereocenters. The van der Waals surface area contributed by atoms with E-state index in [1.807, 2.05) is 0 Å². The minimum Gasteiger partial charge on any atom is -0.480 e. The molecule has 0 heterocycles. The third kappa shape index (κ3) is 6.35. The number of carbonyl (C=O) groups excluding carboxylic acids is 1. The quantitative estimate of drug-likeness (QED) is 0.370. The summed E-state index contributed by atoms with van der Waals surface area (Å²) >= 11 is 3.99. The molecule has 2 atom stereocenters. The predicted octanol–water partition coefficient (Wildman–Crippen LogP) is 0.0367. The molecule has 88 valence electrons. The Balaban J connectivity index is 3.95. The number of carboxylic acids is 1. The third-order valence-electron chi connectivity index (χ3n) is 1.88. The molecular formula is C9H17NO4S. The molecular weight excluding hydrogens is 218 g/mol. The van der Waals surface area contributed by atoms with Gasteiger partial charge in [0.05, 0.1) is 6.10 Å². The lowest BCUT2D eigenvalue weighted by molar-refractivity contribution is -0.144. The first kappa shape index (κ1) is 14.2. The summed E-state index contributed by atoms with van der Waals surface area (Å²) in [5.74, 6) is -0.885. The van der Waals surface area contributed by atoms with Crippen molar-refractivity contribution in [3.05, 3.63) is 0 Å². The predicted molar refractivity (Wildman–Crippen MR) is 59.0 cm³/mol. The van der Waals surface area contributed by atoms with Crippen LogP contribution in [-0.4, -0.2) is 40.0 Å². The molecule has 3 N–H and O–H groups in total. The van der Waals surface area contributed by atoms with Gasteiger partial charge in [0, 0.05) is 6.42 Å².